The van der Waals surface area contributed by atoms with Gasteiger partial charge in [0.2, 0.25) is 0 Å². The molecule has 0 aliphatic carbocycles. The Morgan fingerprint density at radius 1 is 1.12 bits per heavy atom. The monoisotopic (exact) mass is 322 g/mol. The SMILES string of the molecule is COc1ccc(C(C)NC(=O)c2cc(-c3ccccc3)on2)cc1. The molecule has 1 unspecified atom stereocenters. The lowest BCUT2D eigenvalue weighted by atomic mass is 10.1. The molecular formula is C19H18N2O3. The molecule has 0 aliphatic heterocycles. The fraction of sp³-hybridized carbons (Fsp3) is 0.158. The first kappa shape index (κ1) is 15.8. The van der Waals surface area contributed by atoms with E-state index in [4.69, 9.17) is 9.26 Å². The highest BCUT2D eigenvalue weighted by atomic mass is 16.5. The van der Waals surface area contributed by atoms with E-state index in [9.17, 15) is 4.79 Å². The lowest BCUT2D eigenvalue weighted by Crippen LogP contribution is -2.26. The quantitative estimate of drug-likeness (QED) is 0.775. The number of benzene rings is 2. The second-order valence-corrected chi connectivity index (χ2v) is 5.41. The summed E-state index contributed by atoms with van der Waals surface area (Å²) < 4.78 is 10.4. The van der Waals surface area contributed by atoms with Crippen molar-refractivity contribution in [2.45, 2.75) is 13.0 Å². The maximum atomic E-state index is 12.3. The molecule has 3 aromatic rings. The van der Waals surface area contributed by atoms with Crippen molar-refractivity contribution in [3.05, 3.63) is 71.9 Å². The molecule has 0 radical (unpaired) electrons. The van der Waals surface area contributed by atoms with E-state index >= 15 is 0 Å². The van der Waals surface area contributed by atoms with Crippen LogP contribution in [0.15, 0.2) is 65.2 Å². The van der Waals surface area contributed by atoms with Crippen LogP contribution in [0, 0.1) is 0 Å². The molecule has 0 spiro atoms. The van der Waals surface area contributed by atoms with Gasteiger partial charge >= 0.3 is 0 Å². The summed E-state index contributed by atoms with van der Waals surface area (Å²) in [6, 6.07) is 18.6. The molecule has 3 rings (SSSR count). The largest absolute Gasteiger partial charge is 0.497 e. The third-order valence-corrected chi connectivity index (χ3v) is 3.76. The predicted molar refractivity (Wildman–Crippen MR) is 90.8 cm³/mol. The van der Waals surface area contributed by atoms with E-state index < -0.39 is 0 Å². The van der Waals surface area contributed by atoms with Gasteiger partial charge in [-0.2, -0.15) is 0 Å². The summed E-state index contributed by atoms with van der Waals surface area (Å²) in [7, 11) is 1.62. The van der Waals surface area contributed by atoms with Gasteiger partial charge in [0.1, 0.15) is 5.75 Å². The molecule has 1 atom stereocenters. The number of carbonyl (C=O) groups is 1. The number of ether oxygens (including phenoxy) is 1. The Kier molecular flexibility index (Phi) is 4.61. The van der Waals surface area contributed by atoms with Gasteiger partial charge in [-0.3, -0.25) is 4.79 Å². The molecule has 1 aromatic heterocycles. The van der Waals surface area contributed by atoms with Gasteiger partial charge in [-0.25, -0.2) is 0 Å². The zero-order valence-corrected chi connectivity index (χ0v) is 13.5. The zero-order valence-electron chi connectivity index (χ0n) is 13.5. The molecule has 2 aromatic carbocycles. The Hall–Kier alpha value is -3.08. The summed E-state index contributed by atoms with van der Waals surface area (Å²) in [6.07, 6.45) is 0. The van der Waals surface area contributed by atoms with E-state index in [-0.39, 0.29) is 17.6 Å². The lowest BCUT2D eigenvalue weighted by Gasteiger charge is -2.13. The van der Waals surface area contributed by atoms with Crippen LogP contribution in [0.3, 0.4) is 0 Å². The standard InChI is InChI=1S/C19H18N2O3/c1-13(14-8-10-16(23-2)11-9-14)20-19(22)17-12-18(24-21-17)15-6-4-3-5-7-15/h3-13H,1-2H3,(H,20,22). The van der Waals surface area contributed by atoms with Crippen LogP contribution in [0.25, 0.3) is 11.3 Å². The first-order chi connectivity index (χ1) is 11.7. The number of amides is 1. The smallest absolute Gasteiger partial charge is 0.273 e. The third-order valence-electron chi connectivity index (χ3n) is 3.76. The predicted octanol–water partition coefficient (Wildman–Crippen LogP) is 3.84. The highest BCUT2D eigenvalue weighted by Gasteiger charge is 2.16. The van der Waals surface area contributed by atoms with Crippen molar-refractivity contribution in [2.75, 3.05) is 7.11 Å². The van der Waals surface area contributed by atoms with Crippen molar-refractivity contribution in [1.29, 1.82) is 0 Å². The van der Waals surface area contributed by atoms with Crippen molar-refractivity contribution < 1.29 is 14.1 Å². The minimum atomic E-state index is -0.274. The molecule has 0 fully saturated rings. The van der Waals surface area contributed by atoms with Crippen LogP contribution in [0.5, 0.6) is 5.75 Å². The Bertz CT molecular complexity index is 810. The van der Waals surface area contributed by atoms with Crippen LogP contribution in [0.4, 0.5) is 0 Å². The van der Waals surface area contributed by atoms with Gasteiger partial charge in [0.25, 0.3) is 5.91 Å². The molecule has 5 heteroatoms. The summed E-state index contributed by atoms with van der Waals surface area (Å²) in [4.78, 5) is 12.3. The molecule has 0 bridgehead atoms. The van der Waals surface area contributed by atoms with Crippen molar-refractivity contribution in [3.63, 3.8) is 0 Å². The minimum Gasteiger partial charge on any atom is -0.497 e. The van der Waals surface area contributed by atoms with Gasteiger partial charge in [0.05, 0.1) is 13.2 Å². The third kappa shape index (κ3) is 3.46. The maximum absolute atomic E-state index is 12.3. The number of hydrogen-bond donors (Lipinski definition) is 1. The Labute approximate surface area is 140 Å². The van der Waals surface area contributed by atoms with Gasteiger partial charge in [-0.1, -0.05) is 47.6 Å². The van der Waals surface area contributed by atoms with Gasteiger partial charge < -0.3 is 14.6 Å². The van der Waals surface area contributed by atoms with Crippen molar-refractivity contribution >= 4 is 5.91 Å². The van der Waals surface area contributed by atoms with E-state index in [1.807, 2.05) is 61.5 Å². The lowest BCUT2D eigenvalue weighted by molar-refractivity contribution is 0.0931. The number of methoxy groups -OCH3 is 1. The fourth-order valence-corrected chi connectivity index (χ4v) is 2.37. The second kappa shape index (κ2) is 7.00. The van der Waals surface area contributed by atoms with Gasteiger partial charge in [-0.15, -0.1) is 0 Å². The first-order valence-corrected chi connectivity index (χ1v) is 7.64. The number of rotatable bonds is 5. The first-order valence-electron chi connectivity index (χ1n) is 7.64. The van der Waals surface area contributed by atoms with Crippen LogP contribution >= 0.6 is 0 Å². The molecular weight excluding hydrogens is 304 g/mol. The molecule has 1 N–H and O–H groups in total. The number of nitrogens with zero attached hydrogens (tertiary/aromatic N) is 1. The molecule has 1 heterocycles. The highest BCUT2D eigenvalue weighted by Crippen LogP contribution is 2.21. The van der Waals surface area contributed by atoms with E-state index in [0.29, 0.717) is 5.76 Å². The van der Waals surface area contributed by atoms with Gasteiger partial charge in [0, 0.05) is 11.6 Å². The van der Waals surface area contributed by atoms with Crippen LogP contribution in [-0.2, 0) is 0 Å². The van der Waals surface area contributed by atoms with E-state index in [2.05, 4.69) is 10.5 Å². The van der Waals surface area contributed by atoms with Crippen LogP contribution < -0.4 is 10.1 Å². The molecule has 122 valence electrons. The summed E-state index contributed by atoms with van der Waals surface area (Å²) >= 11 is 0. The number of nitrogens with one attached hydrogen (secondary N) is 1. The second-order valence-electron chi connectivity index (χ2n) is 5.41. The van der Waals surface area contributed by atoms with Crippen LogP contribution in [0.1, 0.15) is 29.0 Å². The fourth-order valence-electron chi connectivity index (χ4n) is 2.37. The Morgan fingerprint density at radius 3 is 2.50 bits per heavy atom. The summed E-state index contributed by atoms with van der Waals surface area (Å²) in [5, 5.41) is 6.77. The molecule has 0 saturated heterocycles. The average Bonchev–Trinajstić information content (AvgIpc) is 3.13. The maximum Gasteiger partial charge on any atom is 0.273 e. The molecule has 5 nitrogen and oxygen atoms in total. The number of carbonyl (C=O) groups excluding carboxylic acids is 1. The van der Waals surface area contributed by atoms with Crippen LogP contribution in [0.2, 0.25) is 0 Å². The molecule has 0 aliphatic rings. The normalized spacial score (nSPS) is 11.8. The van der Waals surface area contributed by atoms with E-state index in [1.165, 1.54) is 0 Å². The van der Waals surface area contributed by atoms with Crippen molar-refractivity contribution in [3.8, 4) is 17.1 Å². The van der Waals surface area contributed by atoms with E-state index in [0.717, 1.165) is 16.9 Å². The summed E-state index contributed by atoms with van der Waals surface area (Å²) in [5.74, 6) is 1.07. The number of hydrogen-bond acceptors (Lipinski definition) is 4. The zero-order chi connectivity index (χ0) is 16.9. The minimum absolute atomic E-state index is 0.153. The number of aromatic nitrogens is 1. The van der Waals surface area contributed by atoms with Gasteiger partial charge in [-0.05, 0) is 24.6 Å². The Balaban J connectivity index is 1.69. The highest BCUT2D eigenvalue weighted by molar-refractivity contribution is 5.93. The molecule has 1 amide bonds. The van der Waals surface area contributed by atoms with E-state index in [1.54, 1.807) is 13.2 Å². The van der Waals surface area contributed by atoms with Crippen molar-refractivity contribution in [2.24, 2.45) is 0 Å². The molecule has 24 heavy (non-hydrogen) atoms. The van der Waals surface area contributed by atoms with Gasteiger partial charge in [0.15, 0.2) is 11.5 Å². The average molecular weight is 322 g/mol. The Morgan fingerprint density at radius 2 is 1.83 bits per heavy atom. The topological polar surface area (TPSA) is 64.4 Å². The summed E-state index contributed by atoms with van der Waals surface area (Å²) in [6.45, 7) is 1.91. The summed E-state index contributed by atoms with van der Waals surface area (Å²) in [5.41, 5.74) is 2.12. The van der Waals surface area contributed by atoms with Crippen LogP contribution in [-0.4, -0.2) is 18.2 Å². The molecule has 0 saturated carbocycles. The van der Waals surface area contributed by atoms with Crippen molar-refractivity contribution in [1.82, 2.24) is 10.5 Å².